The largest absolute Gasteiger partial charge is 0.399 e. The van der Waals surface area contributed by atoms with Crippen molar-refractivity contribution < 1.29 is 4.52 Å². The van der Waals surface area contributed by atoms with Gasteiger partial charge < -0.3 is 10.3 Å². The fraction of sp³-hybridized carbons (Fsp3) is 0.0714. The Morgan fingerprint density at radius 2 is 1.82 bits per heavy atom. The zero-order chi connectivity index (χ0) is 11.8. The van der Waals surface area contributed by atoms with Crippen LogP contribution in [0.5, 0.6) is 0 Å². The van der Waals surface area contributed by atoms with Crippen LogP contribution in [0.4, 0.5) is 5.69 Å². The van der Waals surface area contributed by atoms with Gasteiger partial charge in [-0.15, -0.1) is 0 Å². The first-order valence-corrected chi connectivity index (χ1v) is 5.46. The van der Waals surface area contributed by atoms with Gasteiger partial charge in [-0.3, -0.25) is 0 Å². The average molecular weight is 224 g/mol. The third-order valence-electron chi connectivity index (χ3n) is 2.80. The quantitative estimate of drug-likeness (QED) is 0.644. The van der Waals surface area contributed by atoms with Crippen molar-refractivity contribution >= 4 is 16.6 Å². The van der Waals surface area contributed by atoms with Gasteiger partial charge in [-0.05, 0) is 43.3 Å². The van der Waals surface area contributed by atoms with Gasteiger partial charge in [0.15, 0.2) is 5.76 Å². The summed E-state index contributed by atoms with van der Waals surface area (Å²) in [6.07, 6.45) is 0. The van der Waals surface area contributed by atoms with Crippen LogP contribution in [-0.2, 0) is 0 Å². The molecular weight excluding hydrogens is 212 g/mol. The Labute approximate surface area is 98.8 Å². The fourth-order valence-corrected chi connectivity index (χ4v) is 1.90. The van der Waals surface area contributed by atoms with Crippen LogP contribution in [0.25, 0.3) is 22.2 Å². The Bertz CT molecular complexity index is 668. The van der Waals surface area contributed by atoms with E-state index in [-0.39, 0.29) is 0 Å². The summed E-state index contributed by atoms with van der Waals surface area (Å²) in [7, 11) is 0. The van der Waals surface area contributed by atoms with E-state index in [1.54, 1.807) is 0 Å². The van der Waals surface area contributed by atoms with Gasteiger partial charge in [0.05, 0.1) is 0 Å². The average Bonchev–Trinajstić information content (AvgIpc) is 2.73. The molecule has 1 aromatic heterocycles. The molecule has 0 amide bonds. The van der Waals surface area contributed by atoms with Crippen LogP contribution in [0, 0.1) is 6.92 Å². The number of fused-ring (bicyclic) bond motifs is 1. The molecule has 2 aromatic carbocycles. The van der Waals surface area contributed by atoms with E-state index >= 15 is 0 Å². The van der Waals surface area contributed by atoms with Gasteiger partial charge in [0.25, 0.3) is 0 Å². The normalized spacial score (nSPS) is 10.9. The molecule has 84 valence electrons. The van der Waals surface area contributed by atoms with Crippen LogP contribution < -0.4 is 5.73 Å². The summed E-state index contributed by atoms with van der Waals surface area (Å²) in [6, 6.07) is 13.7. The minimum absolute atomic E-state index is 0.744. The van der Waals surface area contributed by atoms with Crippen molar-refractivity contribution in [3.63, 3.8) is 0 Å². The van der Waals surface area contributed by atoms with Gasteiger partial charge >= 0.3 is 0 Å². The van der Waals surface area contributed by atoms with Crippen LogP contribution in [0.3, 0.4) is 0 Å². The Hall–Kier alpha value is -2.29. The maximum absolute atomic E-state index is 5.67. The molecule has 0 fully saturated rings. The number of aryl methyl sites for hydroxylation is 1. The monoisotopic (exact) mass is 224 g/mol. The minimum atomic E-state index is 0.744. The number of rotatable bonds is 1. The highest BCUT2D eigenvalue weighted by Gasteiger charge is 2.10. The molecular formula is C14H12N2O. The molecule has 3 nitrogen and oxygen atoms in total. The van der Waals surface area contributed by atoms with Crippen LogP contribution in [-0.4, -0.2) is 5.16 Å². The number of hydrogen-bond donors (Lipinski definition) is 1. The molecule has 17 heavy (non-hydrogen) atoms. The molecule has 0 atom stereocenters. The molecule has 0 unspecified atom stereocenters. The standard InChI is InChI=1S/C14H12N2O/c1-9-2-7-13-12(8-9)14(17-16-13)10-3-5-11(15)6-4-10/h2-8H,15H2,1H3. The van der Waals surface area contributed by atoms with Gasteiger partial charge in [0, 0.05) is 16.6 Å². The van der Waals surface area contributed by atoms with Crippen LogP contribution >= 0.6 is 0 Å². The first kappa shape index (κ1) is 9.90. The molecule has 0 aliphatic carbocycles. The summed E-state index contributed by atoms with van der Waals surface area (Å²) in [4.78, 5) is 0. The third kappa shape index (κ3) is 1.65. The molecule has 0 aliphatic rings. The molecule has 0 spiro atoms. The number of nitrogen functional groups attached to an aromatic ring is 1. The second-order valence-electron chi connectivity index (χ2n) is 4.15. The minimum Gasteiger partial charge on any atom is -0.399 e. The SMILES string of the molecule is Cc1ccc2noc(-c3ccc(N)cc3)c2c1. The molecule has 0 saturated heterocycles. The highest BCUT2D eigenvalue weighted by atomic mass is 16.5. The van der Waals surface area contributed by atoms with Crippen molar-refractivity contribution in [1.82, 2.24) is 5.16 Å². The van der Waals surface area contributed by atoms with Crippen LogP contribution in [0.1, 0.15) is 5.56 Å². The summed E-state index contributed by atoms with van der Waals surface area (Å²) >= 11 is 0. The number of nitrogens with zero attached hydrogens (tertiary/aromatic N) is 1. The topological polar surface area (TPSA) is 52.0 Å². The highest BCUT2D eigenvalue weighted by molar-refractivity contribution is 5.92. The maximum atomic E-state index is 5.67. The van der Waals surface area contributed by atoms with Crippen LogP contribution in [0.2, 0.25) is 0 Å². The van der Waals surface area contributed by atoms with Gasteiger partial charge in [-0.25, -0.2) is 0 Å². The first-order valence-electron chi connectivity index (χ1n) is 5.46. The van der Waals surface area contributed by atoms with Gasteiger partial charge in [-0.2, -0.15) is 0 Å². The van der Waals surface area contributed by atoms with E-state index in [0.29, 0.717) is 0 Å². The van der Waals surface area contributed by atoms with E-state index in [0.717, 1.165) is 27.9 Å². The summed E-state index contributed by atoms with van der Waals surface area (Å²) in [5.74, 6) is 0.795. The highest BCUT2D eigenvalue weighted by Crippen LogP contribution is 2.29. The molecule has 1 heterocycles. The molecule has 0 radical (unpaired) electrons. The molecule has 0 bridgehead atoms. The predicted octanol–water partition coefficient (Wildman–Crippen LogP) is 3.39. The second kappa shape index (κ2) is 3.63. The summed E-state index contributed by atoms with van der Waals surface area (Å²) in [5, 5.41) is 5.09. The van der Waals surface area contributed by atoms with Crippen molar-refractivity contribution in [2.45, 2.75) is 6.92 Å². The zero-order valence-corrected chi connectivity index (χ0v) is 9.47. The van der Waals surface area contributed by atoms with Crippen molar-refractivity contribution in [3.8, 4) is 11.3 Å². The molecule has 3 heteroatoms. The fourth-order valence-electron chi connectivity index (χ4n) is 1.90. The third-order valence-corrected chi connectivity index (χ3v) is 2.80. The summed E-state index contributed by atoms with van der Waals surface area (Å²) < 4.78 is 5.41. The lowest BCUT2D eigenvalue weighted by Gasteiger charge is -1.98. The number of anilines is 1. The second-order valence-corrected chi connectivity index (χ2v) is 4.15. The molecule has 2 N–H and O–H groups in total. The van der Waals surface area contributed by atoms with E-state index in [4.69, 9.17) is 10.3 Å². The summed E-state index contributed by atoms with van der Waals surface area (Å²) in [5.41, 5.74) is 9.48. The predicted molar refractivity (Wildman–Crippen MR) is 68.6 cm³/mol. The maximum Gasteiger partial charge on any atom is 0.174 e. The Morgan fingerprint density at radius 3 is 2.59 bits per heavy atom. The van der Waals surface area contributed by atoms with Gasteiger partial charge in [-0.1, -0.05) is 16.8 Å². The summed E-state index contributed by atoms with van der Waals surface area (Å²) in [6.45, 7) is 2.05. The Kier molecular flexibility index (Phi) is 2.11. The van der Waals surface area contributed by atoms with E-state index in [9.17, 15) is 0 Å². The van der Waals surface area contributed by atoms with E-state index in [1.165, 1.54) is 5.56 Å². The van der Waals surface area contributed by atoms with E-state index < -0.39 is 0 Å². The number of benzene rings is 2. The lowest BCUT2D eigenvalue weighted by atomic mass is 10.1. The van der Waals surface area contributed by atoms with Gasteiger partial charge in [0.2, 0.25) is 0 Å². The van der Waals surface area contributed by atoms with Crippen molar-refractivity contribution in [2.75, 3.05) is 5.73 Å². The van der Waals surface area contributed by atoms with Crippen molar-refractivity contribution in [3.05, 3.63) is 48.0 Å². The smallest absolute Gasteiger partial charge is 0.174 e. The molecule has 0 aliphatic heterocycles. The number of aromatic nitrogens is 1. The molecule has 3 aromatic rings. The van der Waals surface area contributed by atoms with Crippen molar-refractivity contribution in [2.24, 2.45) is 0 Å². The zero-order valence-electron chi connectivity index (χ0n) is 9.47. The van der Waals surface area contributed by atoms with Gasteiger partial charge in [0.1, 0.15) is 5.52 Å². The number of hydrogen-bond acceptors (Lipinski definition) is 3. The molecule has 0 saturated carbocycles. The first-order chi connectivity index (χ1) is 8.24. The number of nitrogens with two attached hydrogens (primary N) is 1. The Morgan fingerprint density at radius 1 is 1.06 bits per heavy atom. The lowest BCUT2D eigenvalue weighted by molar-refractivity contribution is 0.441. The molecule has 3 rings (SSSR count). The van der Waals surface area contributed by atoms with Crippen molar-refractivity contribution in [1.29, 1.82) is 0 Å². The Balaban J connectivity index is 2.23. The lowest BCUT2D eigenvalue weighted by Crippen LogP contribution is -1.83. The van der Waals surface area contributed by atoms with E-state index in [2.05, 4.69) is 18.1 Å². The van der Waals surface area contributed by atoms with E-state index in [1.807, 2.05) is 36.4 Å². The van der Waals surface area contributed by atoms with Crippen LogP contribution in [0.15, 0.2) is 47.0 Å².